The van der Waals surface area contributed by atoms with Crippen molar-refractivity contribution in [1.29, 1.82) is 0 Å². The summed E-state index contributed by atoms with van der Waals surface area (Å²) in [6.07, 6.45) is 8.61. The van der Waals surface area contributed by atoms with Gasteiger partial charge in [0.15, 0.2) is 0 Å². The molecule has 2 nitrogen and oxygen atoms in total. The lowest BCUT2D eigenvalue weighted by molar-refractivity contribution is 0.0547. The molecule has 2 heteroatoms. The topological polar surface area (TPSA) is 29.3 Å². The quantitative estimate of drug-likeness (QED) is 0.808. The van der Waals surface area contributed by atoms with Gasteiger partial charge in [0.1, 0.15) is 0 Å². The molecule has 1 saturated heterocycles. The number of benzene rings is 1. The van der Waals surface area contributed by atoms with Crippen LogP contribution in [0.2, 0.25) is 0 Å². The van der Waals surface area contributed by atoms with Crippen LogP contribution in [0.15, 0.2) is 24.3 Å². The molecule has 3 rings (SSSR count). The Morgan fingerprint density at radius 2 is 1.72 bits per heavy atom. The summed E-state index contributed by atoms with van der Waals surface area (Å²) in [7, 11) is 0. The van der Waals surface area contributed by atoms with E-state index in [0.29, 0.717) is 0 Å². The lowest BCUT2D eigenvalue weighted by Crippen LogP contribution is -2.46. The van der Waals surface area contributed by atoms with Crippen LogP contribution in [-0.2, 0) is 6.54 Å². The molecule has 98 valence electrons. The molecular weight excluding hydrogens is 220 g/mol. The second-order valence-corrected chi connectivity index (χ2v) is 5.97. The van der Waals surface area contributed by atoms with Crippen LogP contribution < -0.4 is 5.73 Å². The Kier molecular flexibility index (Phi) is 3.55. The van der Waals surface area contributed by atoms with Crippen LogP contribution in [0.25, 0.3) is 0 Å². The third kappa shape index (κ3) is 2.54. The van der Waals surface area contributed by atoms with Crippen molar-refractivity contribution in [3.63, 3.8) is 0 Å². The van der Waals surface area contributed by atoms with Gasteiger partial charge in [0.2, 0.25) is 0 Å². The first-order valence-corrected chi connectivity index (χ1v) is 7.41. The van der Waals surface area contributed by atoms with Crippen molar-refractivity contribution in [2.24, 2.45) is 5.92 Å². The van der Waals surface area contributed by atoms with Gasteiger partial charge in [-0.25, -0.2) is 0 Å². The molecule has 18 heavy (non-hydrogen) atoms. The number of hydrogen-bond acceptors (Lipinski definition) is 2. The van der Waals surface area contributed by atoms with E-state index in [1.807, 2.05) is 12.1 Å². The Labute approximate surface area is 110 Å². The van der Waals surface area contributed by atoms with Gasteiger partial charge in [0.25, 0.3) is 0 Å². The zero-order valence-electron chi connectivity index (χ0n) is 11.1. The molecule has 0 amide bonds. The van der Waals surface area contributed by atoms with E-state index in [-0.39, 0.29) is 0 Å². The molecule has 0 bridgehead atoms. The summed E-state index contributed by atoms with van der Waals surface area (Å²) in [6.45, 7) is 2.40. The summed E-state index contributed by atoms with van der Waals surface area (Å²) in [5, 5.41) is 0. The molecule has 2 fully saturated rings. The van der Waals surface area contributed by atoms with Gasteiger partial charge in [0, 0.05) is 18.3 Å². The number of hydrogen-bond donors (Lipinski definition) is 1. The number of rotatable bonds is 2. The van der Waals surface area contributed by atoms with E-state index in [2.05, 4.69) is 17.0 Å². The molecule has 0 spiro atoms. The van der Waals surface area contributed by atoms with E-state index in [1.54, 1.807) is 0 Å². The highest BCUT2D eigenvalue weighted by molar-refractivity contribution is 5.39. The van der Waals surface area contributed by atoms with Gasteiger partial charge in [-0.15, -0.1) is 0 Å². The first-order chi connectivity index (χ1) is 8.83. The molecule has 1 aromatic carbocycles. The number of nitrogens with zero attached hydrogens (tertiary/aromatic N) is 1. The van der Waals surface area contributed by atoms with Crippen LogP contribution in [0.1, 0.15) is 44.1 Å². The molecule has 0 radical (unpaired) electrons. The van der Waals surface area contributed by atoms with Crippen molar-refractivity contribution in [2.75, 3.05) is 12.3 Å². The van der Waals surface area contributed by atoms with Crippen LogP contribution in [-0.4, -0.2) is 17.5 Å². The summed E-state index contributed by atoms with van der Waals surface area (Å²) in [6, 6.07) is 9.27. The third-order valence-corrected chi connectivity index (χ3v) is 4.72. The molecule has 2 aliphatic rings. The van der Waals surface area contributed by atoms with Crippen LogP contribution in [0.5, 0.6) is 0 Å². The lowest BCUT2D eigenvalue weighted by Gasteiger charge is -2.44. The Hall–Kier alpha value is -1.02. The third-order valence-electron chi connectivity index (χ3n) is 4.72. The molecule has 0 unspecified atom stereocenters. The highest BCUT2D eigenvalue weighted by Gasteiger charge is 2.32. The highest BCUT2D eigenvalue weighted by Crippen LogP contribution is 2.35. The summed E-state index contributed by atoms with van der Waals surface area (Å²) < 4.78 is 0. The van der Waals surface area contributed by atoms with Gasteiger partial charge in [-0.05, 0) is 55.8 Å². The summed E-state index contributed by atoms with van der Waals surface area (Å²) in [5.74, 6) is 0.973. The highest BCUT2D eigenvalue weighted by atomic mass is 15.2. The average Bonchev–Trinajstić information content (AvgIpc) is 2.42. The number of nitrogens with two attached hydrogens (primary N) is 1. The summed E-state index contributed by atoms with van der Waals surface area (Å²) in [4.78, 5) is 2.72. The van der Waals surface area contributed by atoms with E-state index < -0.39 is 0 Å². The zero-order valence-corrected chi connectivity index (χ0v) is 11.1. The second kappa shape index (κ2) is 5.31. The van der Waals surface area contributed by atoms with Crippen molar-refractivity contribution in [1.82, 2.24) is 4.90 Å². The first-order valence-electron chi connectivity index (χ1n) is 7.41. The number of anilines is 1. The molecule has 2 atom stereocenters. The maximum atomic E-state index is 5.75. The molecule has 1 heterocycles. The predicted molar refractivity (Wildman–Crippen MR) is 76.2 cm³/mol. The van der Waals surface area contributed by atoms with Gasteiger partial charge in [0.05, 0.1) is 0 Å². The van der Waals surface area contributed by atoms with E-state index in [9.17, 15) is 0 Å². The van der Waals surface area contributed by atoms with E-state index in [1.165, 1.54) is 50.6 Å². The summed E-state index contributed by atoms with van der Waals surface area (Å²) in [5.41, 5.74) is 8.03. The van der Waals surface area contributed by atoms with Gasteiger partial charge >= 0.3 is 0 Å². The number of likely N-dealkylation sites (tertiary alicyclic amines) is 1. The Morgan fingerprint density at radius 3 is 2.56 bits per heavy atom. The fourth-order valence-electron chi connectivity index (χ4n) is 3.78. The number of nitrogen functional groups attached to an aromatic ring is 1. The lowest BCUT2D eigenvalue weighted by atomic mass is 9.78. The van der Waals surface area contributed by atoms with Crippen molar-refractivity contribution >= 4 is 5.69 Å². The van der Waals surface area contributed by atoms with Gasteiger partial charge < -0.3 is 5.73 Å². The molecule has 1 aliphatic heterocycles. The molecular formula is C16H24N2. The summed E-state index contributed by atoms with van der Waals surface area (Å²) >= 11 is 0. The average molecular weight is 244 g/mol. The smallest absolute Gasteiger partial charge is 0.0314 e. The number of fused-ring (bicyclic) bond motifs is 1. The van der Waals surface area contributed by atoms with Gasteiger partial charge in [-0.3, -0.25) is 4.90 Å². The minimum Gasteiger partial charge on any atom is -0.399 e. The standard InChI is InChI=1S/C16H24N2/c17-15-9-7-13(8-10-15)12-18-11-3-5-14-4-1-2-6-16(14)18/h7-10,14,16H,1-6,11-12,17H2/t14-,16-/m1/s1. The van der Waals surface area contributed by atoms with Crippen LogP contribution >= 0.6 is 0 Å². The largest absolute Gasteiger partial charge is 0.399 e. The molecule has 1 aliphatic carbocycles. The van der Waals surface area contributed by atoms with Crippen LogP contribution in [0, 0.1) is 5.92 Å². The van der Waals surface area contributed by atoms with Gasteiger partial charge in [-0.1, -0.05) is 25.0 Å². The van der Waals surface area contributed by atoms with Crippen molar-refractivity contribution < 1.29 is 0 Å². The fourth-order valence-corrected chi connectivity index (χ4v) is 3.78. The SMILES string of the molecule is Nc1ccc(CN2CCC[C@H]3CCCC[C@H]32)cc1. The van der Waals surface area contributed by atoms with Crippen molar-refractivity contribution in [3.05, 3.63) is 29.8 Å². The molecule has 2 N–H and O–H groups in total. The van der Waals surface area contributed by atoms with E-state index in [4.69, 9.17) is 5.73 Å². The maximum absolute atomic E-state index is 5.75. The monoisotopic (exact) mass is 244 g/mol. The normalized spacial score (nSPS) is 28.9. The Morgan fingerprint density at radius 1 is 1.00 bits per heavy atom. The van der Waals surface area contributed by atoms with E-state index >= 15 is 0 Å². The minimum absolute atomic E-state index is 0.852. The van der Waals surface area contributed by atoms with Gasteiger partial charge in [-0.2, -0.15) is 0 Å². The molecule has 1 aromatic rings. The first kappa shape index (κ1) is 12.0. The zero-order chi connectivity index (χ0) is 12.4. The maximum Gasteiger partial charge on any atom is 0.0314 e. The van der Waals surface area contributed by atoms with Crippen LogP contribution in [0.4, 0.5) is 5.69 Å². The molecule has 0 aromatic heterocycles. The van der Waals surface area contributed by atoms with Crippen LogP contribution in [0.3, 0.4) is 0 Å². The Balaban J connectivity index is 1.69. The number of piperidine rings is 1. The van der Waals surface area contributed by atoms with Crippen molar-refractivity contribution in [3.8, 4) is 0 Å². The predicted octanol–water partition coefficient (Wildman–Crippen LogP) is 3.42. The van der Waals surface area contributed by atoms with Crippen molar-refractivity contribution in [2.45, 2.75) is 51.1 Å². The fraction of sp³-hybridized carbons (Fsp3) is 0.625. The minimum atomic E-state index is 0.852. The second-order valence-electron chi connectivity index (χ2n) is 5.97. The van der Waals surface area contributed by atoms with E-state index in [0.717, 1.165) is 24.2 Å². The molecule has 1 saturated carbocycles. The Bertz CT molecular complexity index is 383.